The molecular formula is C63H41N5Pt. The van der Waals surface area contributed by atoms with Crippen LogP contribution in [0.5, 0.6) is 0 Å². The summed E-state index contributed by atoms with van der Waals surface area (Å²) in [6, 6.07) is 89.2. The van der Waals surface area contributed by atoms with Crippen LogP contribution in [0.25, 0.3) is 76.7 Å². The first-order chi connectivity index (χ1) is 33.8. The van der Waals surface area contributed by atoms with E-state index in [0.717, 1.165) is 67.4 Å². The number of hydrogen-bond acceptors (Lipinski definition) is 4. The van der Waals surface area contributed by atoms with E-state index in [2.05, 4.69) is 275 Å². The summed E-state index contributed by atoms with van der Waals surface area (Å²) in [7, 11) is 0. The Labute approximate surface area is 416 Å². The zero-order valence-electron chi connectivity index (χ0n) is 37.2. The number of fused-ring (bicyclic) bond motifs is 8. The predicted molar refractivity (Wildman–Crippen MR) is 282 cm³/mol. The zero-order chi connectivity index (χ0) is 45.6. The molecular weight excluding hydrogens is 1020 g/mol. The summed E-state index contributed by atoms with van der Waals surface area (Å²) in [5.74, 6) is 0. The van der Waals surface area contributed by atoms with E-state index in [9.17, 15) is 0 Å². The normalized spacial score (nSPS) is 12.3. The van der Waals surface area contributed by atoms with Crippen LogP contribution in [0.1, 0.15) is 0 Å². The molecule has 0 spiro atoms. The van der Waals surface area contributed by atoms with Crippen molar-refractivity contribution in [3.63, 3.8) is 0 Å². The van der Waals surface area contributed by atoms with Crippen molar-refractivity contribution in [1.82, 2.24) is 4.57 Å². The molecule has 6 heteroatoms. The van der Waals surface area contributed by atoms with Crippen molar-refractivity contribution < 1.29 is 21.1 Å². The van der Waals surface area contributed by atoms with Gasteiger partial charge in [0.15, 0.2) is 0 Å². The van der Waals surface area contributed by atoms with E-state index in [1.807, 2.05) is 0 Å². The SMILES string of the molecule is [C-]#N.[Pt+4].[c-]1c(N2[CH-]N(c3c(-c4ccccc4)cccc3-c3ccccc3)c3ccccc32)cccc1N1[CH-]n2c3c(-c4ccccc4)cccc3c3ccccc3c3ccccc3c3cccc1c32. The van der Waals surface area contributed by atoms with Gasteiger partial charge in [-0.2, -0.15) is 6.07 Å². The molecule has 2 aliphatic heterocycles. The third-order valence-electron chi connectivity index (χ3n) is 13.2. The summed E-state index contributed by atoms with van der Waals surface area (Å²) in [5.41, 5.74) is 15.5. The third-order valence-corrected chi connectivity index (χ3v) is 13.2. The minimum absolute atomic E-state index is 0. The molecule has 10 aromatic carbocycles. The Morgan fingerprint density at radius 3 is 1.23 bits per heavy atom. The van der Waals surface area contributed by atoms with E-state index in [4.69, 9.17) is 11.8 Å². The van der Waals surface area contributed by atoms with Crippen LogP contribution in [0.15, 0.2) is 237 Å². The van der Waals surface area contributed by atoms with Crippen molar-refractivity contribution in [3.8, 4) is 33.4 Å². The van der Waals surface area contributed by atoms with Crippen molar-refractivity contribution in [2.45, 2.75) is 0 Å². The van der Waals surface area contributed by atoms with E-state index in [1.165, 1.54) is 43.4 Å². The number of aromatic nitrogens is 1. The predicted octanol–water partition coefficient (Wildman–Crippen LogP) is 16.6. The molecule has 0 amide bonds. The van der Waals surface area contributed by atoms with Crippen LogP contribution < -0.4 is 14.7 Å². The molecule has 0 N–H and O–H groups in total. The van der Waals surface area contributed by atoms with Crippen LogP contribution in [0.3, 0.4) is 0 Å². The molecule has 0 radical (unpaired) electrons. The summed E-state index contributed by atoms with van der Waals surface area (Å²) in [6.07, 6.45) is 0. The molecule has 0 saturated heterocycles. The van der Waals surface area contributed by atoms with Gasteiger partial charge in [-0.25, -0.2) is 0 Å². The molecule has 0 unspecified atom stereocenters. The Kier molecular flexibility index (Phi) is 11.4. The van der Waals surface area contributed by atoms with E-state index in [0.29, 0.717) is 0 Å². The monoisotopic (exact) mass is 1060 g/mol. The Morgan fingerprint density at radius 1 is 0.319 bits per heavy atom. The summed E-state index contributed by atoms with van der Waals surface area (Å²) >= 11 is 0. The molecule has 11 aromatic rings. The maximum atomic E-state index is 6.25. The molecule has 3 heterocycles. The van der Waals surface area contributed by atoms with Gasteiger partial charge in [-0.1, -0.05) is 206 Å². The Balaban J connectivity index is 0.00000171. The maximum Gasteiger partial charge on any atom is 4.00 e. The largest absolute Gasteiger partial charge is 4.00 e. The van der Waals surface area contributed by atoms with E-state index < -0.39 is 0 Å². The number of benzene rings is 10. The molecule has 0 bridgehead atoms. The van der Waals surface area contributed by atoms with Gasteiger partial charge in [0.05, 0.1) is 0 Å². The Morgan fingerprint density at radius 2 is 0.681 bits per heavy atom. The average molecular weight is 1060 g/mol. The van der Waals surface area contributed by atoms with Gasteiger partial charge in [0.2, 0.25) is 0 Å². The fourth-order valence-corrected chi connectivity index (χ4v) is 10.3. The third kappa shape index (κ3) is 7.25. The number of rotatable bonds is 6. The quantitative estimate of drug-likeness (QED) is 0.156. The van der Waals surface area contributed by atoms with E-state index in [1.54, 1.807) is 0 Å². The van der Waals surface area contributed by atoms with Crippen LogP contribution in [0, 0.1) is 31.2 Å². The van der Waals surface area contributed by atoms with Gasteiger partial charge >= 0.3 is 21.1 Å². The number of nitrogens with zero attached hydrogens (tertiary/aromatic N) is 5. The molecule has 5 nitrogen and oxygen atoms in total. The second-order valence-electron chi connectivity index (χ2n) is 16.9. The van der Waals surface area contributed by atoms with E-state index in [-0.39, 0.29) is 21.1 Å². The van der Waals surface area contributed by atoms with E-state index >= 15 is 0 Å². The van der Waals surface area contributed by atoms with Gasteiger partial charge in [-0.05, 0) is 90.5 Å². The summed E-state index contributed by atoms with van der Waals surface area (Å²) < 4.78 is 2.44. The Bertz CT molecular complexity index is 3730. The first-order valence-electron chi connectivity index (χ1n) is 22.7. The number of hydrogen-bond donors (Lipinski definition) is 0. The first-order valence-corrected chi connectivity index (χ1v) is 22.7. The molecule has 1 aromatic heterocycles. The topological polar surface area (TPSA) is 38.4 Å². The van der Waals surface area contributed by atoms with Gasteiger partial charge in [-0.15, -0.1) is 30.6 Å². The molecule has 328 valence electrons. The fraction of sp³-hybridized carbons (Fsp3) is 0. The van der Waals surface area contributed by atoms with Crippen LogP contribution >= 0.6 is 0 Å². The molecule has 69 heavy (non-hydrogen) atoms. The standard InChI is InChI=1S/C62H41N4.CN.Pt/c1-4-20-43(21-5-1)48-32-17-33-49(44-22-6-2-7-23-44)60(48)65-41-63(57-37-14-15-38-58(57)65)46-26-16-27-47(40-46)64-42-66-61-50(45-24-8-3-9-25-45)34-18-35-55(61)53-30-12-10-28-51(53)52-29-11-13-31-54(52)56-36-19-39-59(64)62(56)66;1-2;/h1-39,41-42H;;/q-3;-1;+4. The molecule has 0 saturated carbocycles. The minimum atomic E-state index is 0. The molecule has 0 aliphatic carbocycles. The smallest absolute Gasteiger partial charge is 0.512 e. The number of para-hydroxylation sites is 5. The van der Waals surface area contributed by atoms with Crippen molar-refractivity contribution >= 4 is 77.5 Å². The van der Waals surface area contributed by atoms with Gasteiger partial charge in [0.1, 0.15) is 0 Å². The summed E-state index contributed by atoms with van der Waals surface area (Å²) in [4.78, 5) is 6.97. The van der Waals surface area contributed by atoms with Crippen molar-refractivity contribution in [3.05, 3.63) is 263 Å². The Hall–Kier alpha value is -8.55. The minimum Gasteiger partial charge on any atom is -0.512 e. The summed E-state index contributed by atoms with van der Waals surface area (Å²) in [5, 5.41) is 13.4. The molecule has 0 fully saturated rings. The van der Waals surface area contributed by atoms with Crippen LogP contribution in [0.2, 0.25) is 0 Å². The van der Waals surface area contributed by atoms with Crippen LogP contribution in [0.4, 0.5) is 34.1 Å². The fourth-order valence-electron chi connectivity index (χ4n) is 10.3. The number of anilines is 6. The van der Waals surface area contributed by atoms with Gasteiger partial charge in [0.25, 0.3) is 0 Å². The second-order valence-corrected chi connectivity index (χ2v) is 16.9. The summed E-state index contributed by atoms with van der Waals surface area (Å²) in [6.45, 7) is 9.27. The molecule has 2 aliphatic rings. The van der Waals surface area contributed by atoms with Crippen molar-refractivity contribution in [2.24, 2.45) is 0 Å². The van der Waals surface area contributed by atoms with Crippen LogP contribution in [-0.2, 0) is 21.1 Å². The zero-order valence-corrected chi connectivity index (χ0v) is 39.5. The average Bonchev–Trinajstić information content (AvgIpc) is 4.02. The van der Waals surface area contributed by atoms with Crippen molar-refractivity contribution in [1.29, 1.82) is 5.26 Å². The van der Waals surface area contributed by atoms with Gasteiger partial charge in [0, 0.05) is 33.9 Å². The molecule has 0 atom stereocenters. The molecule has 13 rings (SSSR count). The second kappa shape index (κ2) is 18.3. The van der Waals surface area contributed by atoms with Crippen molar-refractivity contribution in [2.75, 3.05) is 14.7 Å². The van der Waals surface area contributed by atoms with Gasteiger partial charge < -0.3 is 31.1 Å². The maximum absolute atomic E-state index is 6.25. The first kappa shape index (κ1) is 43.0. The van der Waals surface area contributed by atoms with Crippen LogP contribution in [-0.4, -0.2) is 4.57 Å². The van der Waals surface area contributed by atoms with Gasteiger partial charge in [-0.3, -0.25) is 0 Å².